The van der Waals surface area contributed by atoms with Gasteiger partial charge in [-0.1, -0.05) is 13.8 Å². The molecular weight excluding hydrogens is 148 g/mol. The smallest absolute Gasteiger partial charge is 0.0625 e. The van der Waals surface area contributed by atoms with E-state index in [-0.39, 0.29) is 0 Å². The highest BCUT2D eigenvalue weighted by Gasteiger charge is 2.03. The molecule has 0 unspecified atom stereocenters. The Kier molecular flexibility index (Phi) is 4.64. The first-order valence-electron chi connectivity index (χ1n) is 4.67. The number of hydrogen-bond acceptors (Lipinski definition) is 1. The lowest BCUT2D eigenvalue weighted by molar-refractivity contribution is 0.634. The summed E-state index contributed by atoms with van der Waals surface area (Å²) < 4.78 is 2.03. The molecule has 0 aliphatic heterocycles. The van der Waals surface area contributed by atoms with Crippen molar-refractivity contribution in [3.63, 3.8) is 0 Å². The second kappa shape index (κ2) is 4.96. The Labute approximate surface area is 75.6 Å². The van der Waals surface area contributed by atoms with Crippen molar-refractivity contribution < 1.29 is 0 Å². The highest BCUT2D eigenvalue weighted by Crippen LogP contribution is 2.09. The van der Waals surface area contributed by atoms with Gasteiger partial charge in [0.05, 0.1) is 5.69 Å². The Morgan fingerprint density at radius 2 is 1.67 bits per heavy atom. The van der Waals surface area contributed by atoms with E-state index in [0.717, 1.165) is 12.2 Å². The summed E-state index contributed by atoms with van der Waals surface area (Å²) in [6.07, 6.45) is 0. The molecule has 0 N–H and O–H groups in total. The number of nitrogens with zero attached hydrogens (tertiary/aromatic N) is 2. The fourth-order valence-corrected chi connectivity index (χ4v) is 1.09. The van der Waals surface area contributed by atoms with Crippen LogP contribution in [0.5, 0.6) is 0 Å². The lowest BCUT2D eigenvalue weighted by Gasteiger charge is -1.96. The first kappa shape index (κ1) is 11.2. The summed E-state index contributed by atoms with van der Waals surface area (Å²) in [5.74, 6) is 0. The van der Waals surface area contributed by atoms with Crippen LogP contribution >= 0.6 is 0 Å². The molecule has 0 fully saturated rings. The highest BCUT2D eigenvalue weighted by molar-refractivity contribution is 5.21. The molecule has 0 atom stereocenters. The minimum Gasteiger partial charge on any atom is -0.270 e. The zero-order valence-corrected chi connectivity index (χ0v) is 9.10. The molecule has 1 aromatic heterocycles. The quantitative estimate of drug-likeness (QED) is 0.630. The van der Waals surface area contributed by atoms with E-state index in [1.165, 1.54) is 11.3 Å². The number of rotatable bonds is 1. The average Bonchev–Trinajstić information content (AvgIpc) is 2.36. The fourth-order valence-electron chi connectivity index (χ4n) is 1.09. The molecule has 1 heterocycles. The summed E-state index contributed by atoms with van der Waals surface area (Å²) in [4.78, 5) is 0. The Morgan fingerprint density at radius 3 is 1.83 bits per heavy atom. The van der Waals surface area contributed by atoms with Crippen molar-refractivity contribution in [3.05, 3.63) is 17.0 Å². The second-order valence-corrected chi connectivity index (χ2v) is 2.61. The molecule has 12 heavy (non-hydrogen) atoms. The van der Waals surface area contributed by atoms with E-state index in [2.05, 4.69) is 32.8 Å². The van der Waals surface area contributed by atoms with Gasteiger partial charge in [-0.25, -0.2) is 0 Å². The summed E-state index contributed by atoms with van der Waals surface area (Å²) in [6.45, 7) is 13.4. The topological polar surface area (TPSA) is 17.8 Å². The van der Waals surface area contributed by atoms with Crippen LogP contribution in [0.15, 0.2) is 0 Å². The van der Waals surface area contributed by atoms with Crippen LogP contribution < -0.4 is 0 Å². The standard InChI is InChI=1S/C8H14N2.C2H6/c1-5-10-8(4)6(2)7(3)9-10;1-2/h5H2,1-4H3;1-2H3. The number of aromatic nitrogens is 2. The second-order valence-electron chi connectivity index (χ2n) is 2.61. The first-order chi connectivity index (χ1) is 5.66. The van der Waals surface area contributed by atoms with E-state index in [4.69, 9.17) is 0 Å². The molecule has 2 nitrogen and oxygen atoms in total. The highest BCUT2D eigenvalue weighted by atomic mass is 15.3. The molecule has 0 bridgehead atoms. The van der Waals surface area contributed by atoms with Crippen LogP contribution in [0.4, 0.5) is 0 Å². The van der Waals surface area contributed by atoms with Crippen LogP contribution in [0.2, 0.25) is 0 Å². The summed E-state index contributed by atoms with van der Waals surface area (Å²) in [5, 5.41) is 4.34. The van der Waals surface area contributed by atoms with Crippen LogP contribution in [0.1, 0.15) is 37.7 Å². The minimum atomic E-state index is 0.973. The van der Waals surface area contributed by atoms with E-state index in [1.54, 1.807) is 0 Å². The van der Waals surface area contributed by atoms with Crippen molar-refractivity contribution in [2.45, 2.75) is 48.1 Å². The number of aryl methyl sites for hydroxylation is 2. The monoisotopic (exact) mass is 168 g/mol. The molecule has 2 heteroatoms. The molecule has 0 spiro atoms. The van der Waals surface area contributed by atoms with Gasteiger partial charge in [0, 0.05) is 12.2 Å². The molecule has 0 amide bonds. The van der Waals surface area contributed by atoms with E-state index in [1.807, 2.05) is 18.5 Å². The summed E-state index contributed by atoms with van der Waals surface area (Å²) in [6, 6.07) is 0. The van der Waals surface area contributed by atoms with Gasteiger partial charge in [-0.05, 0) is 33.3 Å². The van der Waals surface area contributed by atoms with Gasteiger partial charge in [-0.3, -0.25) is 4.68 Å². The predicted molar refractivity (Wildman–Crippen MR) is 53.5 cm³/mol. The molecule has 0 saturated heterocycles. The Morgan fingerprint density at radius 1 is 1.17 bits per heavy atom. The third-order valence-corrected chi connectivity index (χ3v) is 2.04. The summed E-state index contributed by atoms with van der Waals surface area (Å²) in [5.41, 5.74) is 3.77. The Bertz CT molecular complexity index is 236. The van der Waals surface area contributed by atoms with E-state index >= 15 is 0 Å². The molecule has 0 aromatic carbocycles. The zero-order chi connectivity index (χ0) is 9.72. The van der Waals surface area contributed by atoms with Crippen molar-refractivity contribution in [1.29, 1.82) is 0 Å². The van der Waals surface area contributed by atoms with Gasteiger partial charge in [0.15, 0.2) is 0 Å². The zero-order valence-electron chi connectivity index (χ0n) is 9.10. The Balaban J connectivity index is 0.000000561. The van der Waals surface area contributed by atoms with Gasteiger partial charge in [0.1, 0.15) is 0 Å². The normalized spacial score (nSPS) is 9.17. The SMILES string of the molecule is CC.CCn1nc(C)c(C)c1C. The van der Waals surface area contributed by atoms with Gasteiger partial charge in [-0.2, -0.15) is 5.10 Å². The summed E-state index contributed by atoms with van der Waals surface area (Å²) in [7, 11) is 0. The maximum atomic E-state index is 4.34. The lowest BCUT2D eigenvalue weighted by atomic mass is 10.2. The van der Waals surface area contributed by atoms with Gasteiger partial charge in [0.25, 0.3) is 0 Å². The van der Waals surface area contributed by atoms with Crippen molar-refractivity contribution in [2.75, 3.05) is 0 Å². The molecule has 1 rings (SSSR count). The molecule has 0 radical (unpaired) electrons. The maximum Gasteiger partial charge on any atom is 0.0625 e. The molecule has 1 aromatic rings. The average molecular weight is 168 g/mol. The minimum absolute atomic E-state index is 0.973. The fraction of sp³-hybridized carbons (Fsp3) is 0.700. The number of hydrogen-bond donors (Lipinski definition) is 0. The third-order valence-electron chi connectivity index (χ3n) is 2.04. The Hall–Kier alpha value is -0.790. The summed E-state index contributed by atoms with van der Waals surface area (Å²) >= 11 is 0. The first-order valence-corrected chi connectivity index (χ1v) is 4.67. The lowest BCUT2D eigenvalue weighted by Crippen LogP contribution is -1.98. The van der Waals surface area contributed by atoms with Gasteiger partial charge < -0.3 is 0 Å². The molecule has 0 aliphatic carbocycles. The van der Waals surface area contributed by atoms with Crippen molar-refractivity contribution >= 4 is 0 Å². The van der Waals surface area contributed by atoms with E-state index < -0.39 is 0 Å². The largest absolute Gasteiger partial charge is 0.270 e. The van der Waals surface area contributed by atoms with Crippen LogP contribution in [0, 0.1) is 20.8 Å². The third kappa shape index (κ3) is 2.10. The van der Waals surface area contributed by atoms with Crippen LogP contribution in [-0.2, 0) is 6.54 Å². The van der Waals surface area contributed by atoms with E-state index in [9.17, 15) is 0 Å². The van der Waals surface area contributed by atoms with Gasteiger partial charge >= 0.3 is 0 Å². The van der Waals surface area contributed by atoms with Crippen LogP contribution in [0.25, 0.3) is 0 Å². The van der Waals surface area contributed by atoms with E-state index in [0.29, 0.717) is 0 Å². The molecule has 0 saturated carbocycles. The molecule has 70 valence electrons. The van der Waals surface area contributed by atoms with Crippen LogP contribution in [-0.4, -0.2) is 9.78 Å². The predicted octanol–water partition coefficient (Wildman–Crippen LogP) is 2.85. The van der Waals surface area contributed by atoms with Gasteiger partial charge in [0.2, 0.25) is 0 Å². The van der Waals surface area contributed by atoms with Crippen molar-refractivity contribution in [3.8, 4) is 0 Å². The van der Waals surface area contributed by atoms with Gasteiger partial charge in [-0.15, -0.1) is 0 Å². The molecule has 0 aliphatic rings. The molecular formula is C10H20N2. The van der Waals surface area contributed by atoms with Crippen LogP contribution in [0.3, 0.4) is 0 Å². The van der Waals surface area contributed by atoms with Crippen molar-refractivity contribution in [2.24, 2.45) is 0 Å². The maximum absolute atomic E-state index is 4.34. The van der Waals surface area contributed by atoms with Crippen molar-refractivity contribution in [1.82, 2.24) is 9.78 Å².